The lowest BCUT2D eigenvalue weighted by atomic mass is 9.86. The smallest absolute Gasteiger partial charge is 0.210 e. The first kappa shape index (κ1) is 18.1. The summed E-state index contributed by atoms with van der Waals surface area (Å²) in [4.78, 5) is 0. The zero-order valence-electron chi connectivity index (χ0n) is 16.4. The van der Waals surface area contributed by atoms with Crippen LogP contribution in [0.25, 0.3) is 5.57 Å². The van der Waals surface area contributed by atoms with Gasteiger partial charge in [0, 0.05) is 27.8 Å². The van der Waals surface area contributed by atoms with Gasteiger partial charge in [0.2, 0.25) is 5.72 Å². The molecular weight excluding hydrogens is 342 g/mol. The Morgan fingerprint density at radius 1 is 0.786 bits per heavy atom. The highest BCUT2D eigenvalue weighted by molar-refractivity contribution is 5.87. The fourth-order valence-electron chi connectivity index (χ4n) is 3.65. The molecule has 0 fully saturated rings. The number of hydrogen-bond acceptors (Lipinski definition) is 2. The zero-order valence-corrected chi connectivity index (χ0v) is 16.4. The Morgan fingerprint density at radius 3 is 2.18 bits per heavy atom. The highest BCUT2D eigenvalue weighted by Gasteiger charge is 2.40. The van der Waals surface area contributed by atoms with Crippen molar-refractivity contribution in [3.05, 3.63) is 107 Å². The molecular formula is C26H23NO. The number of allylic oxidation sites excluding steroid dienone is 1. The maximum Gasteiger partial charge on any atom is 0.210 e. The maximum atomic E-state index is 6.53. The molecule has 2 heteroatoms. The summed E-state index contributed by atoms with van der Waals surface area (Å²) < 4.78 is 6.53. The second kappa shape index (κ2) is 7.38. The molecule has 138 valence electrons. The molecule has 4 rings (SSSR count). The van der Waals surface area contributed by atoms with Crippen LogP contribution >= 0.6 is 0 Å². The lowest BCUT2D eigenvalue weighted by Crippen LogP contribution is -2.48. The van der Waals surface area contributed by atoms with Crippen LogP contribution in [0.1, 0.15) is 29.2 Å². The molecule has 1 N–H and O–H groups in total. The number of ether oxygens (including phenoxy) is 1. The van der Waals surface area contributed by atoms with E-state index in [4.69, 9.17) is 4.74 Å². The van der Waals surface area contributed by atoms with Crippen molar-refractivity contribution < 1.29 is 4.74 Å². The third-order valence-electron chi connectivity index (χ3n) is 5.24. The lowest BCUT2D eigenvalue weighted by molar-refractivity contribution is 0.0729. The third-order valence-corrected chi connectivity index (χ3v) is 5.24. The summed E-state index contributed by atoms with van der Waals surface area (Å²) >= 11 is 0. The second-order valence-electron chi connectivity index (χ2n) is 7.01. The van der Waals surface area contributed by atoms with Gasteiger partial charge in [-0.05, 0) is 45.2 Å². The summed E-state index contributed by atoms with van der Waals surface area (Å²) in [6.07, 6.45) is 0. The number of nitrogens with one attached hydrogen (secondary N) is 1. The van der Waals surface area contributed by atoms with E-state index in [1.807, 2.05) is 43.4 Å². The quantitative estimate of drug-likeness (QED) is 0.624. The molecule has 0 saturated heterocycles. The monoisotopic (exact) mass is 365 g/mol. The van der Waals surface area contributed by atoms with Crippen molar-refractivity contribution in [1.29, 1.82) is 0 Å². The van der Waals surface area contributed by atoms with Gasteiger partial charge in [-0.2, -0.15) is 0 Å². The van der Waals surface area contributed by atoms with Crippen molar-refractivity contribution >= 4 is 5.57 Å². The van der Waals surface area contributed by atoms with Gasteiger partial charge in [-0.15, -0.1) is 0 Å². The minimum absolute atomic E-state index is 0.743. The predicted octanol–water partition coefficient (Wildman–Crippen LogP) is 5.29. The standard InChI is InChI=1S/C26H23NO/c1-19-13-15-21(16-14-19)17-18-23-20(2)26(27-3,22-9-5-4-6-10-22)28-25-12-8-7-11-24(23)25/h4-16,27H,1-3H3/t26-/m0/s1. The number of aryl methyl sites for hydroxylation is 1. The number of hydrogen-bond donors (Lipinski definition) is 1. The molecule has 0 spiro atoms. The Hall–Kier alpha value is -3.28. The normalized spacial score (nSPS) is 18.0. The molecule has 3 aromatic carbocycles. The molecule has 0 saturated carbocycles. The van der Waals surface area contributed by atoms with Crippen molar-refractivity contribution in [2.24, 2.45) is 0 Å². The highest BCUT2D eigenvalue weighted by atomic mass is 16.5. The first-order valence-corrected chi connectivity index (χ1v) is 9.47. The average Bonchev–Trinajstić information content (AvgIpc) is 2.74. The fraction of sp³-hybridized carbons (Fsp3) is 0.154. The van der Waals surface area contributed by atoms with Gasteiger partial charge in [-0.1, -0.05) is 72.0 Å². The molecule has 0 amide bonds. The van der Waals surface area contributed by atoms with Gasteiger partial charge < -0.3 is 4.74 Å². The van der Waals surface area contributed by atoms with Crippen molar-refractivity contribution in [3.63, 3.8) is 0 Å². The third kappa shape index (κ3) is 3.11. The minimum atomic E-state index is -0.743. The van der Waals surface area contributed by atoms with Crippen molar-refractivity contribution in [2.75, 3.05) is 7.05 Å². The molecule has 3 aromatic rings. The van der Waals surface area contributed by atoms with E-state index in [1.165, 1.54) is 5.56 Å². The van der Waals surface area contributed by atoms with Crippen LogP contribution in [0.4, 0.5) is 0 Å². The molecule has 1 aliphatic heterocycles. The number of para-hydroxylation sites is 1. The highest BCUT2D eigenvalue weighted by Crippen LogP contribution is 2.44. The molecule has 1 heterocycles. The molecule has 1 aliphatic rings. The van der Waals surface area contributed by atoms with Crippen molar-refractivity contribution in [3.8, 4) is 17.6 Å². The summed E-state index contributed by atoms with van der Waals surface area (Å²) in [6, 6.07) is 26.6. The largest absolute Gasteiger partial charge is 0.464 e. The van der Waals surface area contributed by atoms with Gasteiger partial charge in [0.15, 0.2) is 0 Å². The second-order valence-corrected chi connectivity index (χ2v) is 7.01. The molecule has 0 bridgehead atoms. The molecule has 28 heavy (non-hydrogen) atoms. The van der Waals surface area contributed by atoms with Gasteiger partial charge in [0.05, 0.1) is 0 Å². The van der Waals surface area contributed by atoms with E-state index in [-0.39, 0.29) is 0 Å². The van der Waals surface area contributed by atoms with Crippen LogP contribution < -0.4 is 10.1 Å². The summed E-state index contributed by atoms with van der Waals surface area (Å²) in [5, 5.41) is 3.41. The van der Waals surface area contributed by atoms with Crippen LogP contribution in [0.2, 0.25) is 0 Å². The number of benzene rings is 3. The molecule has 2 nitrogen and oxygen atoms in total. The Bertz CT molecular complexity index is 1080. The van der Waals surface area contributed by atoms with Crippen molar-refractivity contribution in [2.45, 2.75) is 19.6 Å². The van der Waals surface area contributed by atoms with E-state index in [0.29, 0.717) is 0 Å². The Morgan fingerprint density at radius 2 is 1.46 bits per heavy atom. The van der Waals surface area contributed by atoms with Gasteiger partial charge in [-0.3, -0.25) is 5.32 Å². The molecule has 1 atom stereocenters. The Kier molecular flexibility index (Phi) is 4.77. The summed E-state index contributed by atoms with van der Waals surface area (Å²) in [6.45, 7) is 4.18. The van der Waals surface area contributed by atoms with Gasteiger partial charge in [-0.25, -0.2) is 0 Å². The van der Waals surface area contributed by atoms with Gasteiger partial charge in [0.1, 0.15) is 5.75 Å². The first-order valence-electron chi connectivity index (χ1n) is 9.47. The summed E-state index contributed by atoms with van der Waals surface area (Å²) in [7, 11) is 1.93. The average molecular weight is 365 g/mol. The van der Waals surface area contributed by atoms with E-state index in [0.717, 1.165) is 33.6 Å². The topological polar surface area (TPSA) is 21.3 Å². The van der Waals surface area contributed by atoms with E-state index >= 15 is 0 Å². The van der Waals surface area contributed by atoms with E-state index < -0.39 is 5.72 Å². The molecule has 0 radical (unpaired) electrons. The molecule has 0 unspecified atom stereocenters. The van der Waals surface area contributed by atoms with E-state index in [1.54, 1.807) is 0 Å². The SMILES string of the molecule is CN[C@]1(c2ccccc2)Oc2ccccc2C(C#Cc2ccc(C)cc2)=C1C. The minimum Gasteiger partial charge on any atom is -0.464 e. The Balaban J connectivity index is 1.91. The maximum absolute atomic E-state index is 6.53. The number of fused-ring (bicyclic) bond motifs is 1. The van der Waals surface area contributed by atoms with Gasteiger partial charge >= 0.3 is 0 Å². The lowest BCUT2D eigenvalue weighted by Gasteiger charge is -2.40. The van der Waals surface area contributed by atoms with Crippen molar-refractivity contribution in [1.82, 2.24) is 5.32 Å². The van der Waals surface area contributed by atoms with E-state index in [9.17, 15) is 0 Å². The first-order chi connectivity index (χ1) is 13.6. The Labute approximate surface area is 166 Å². The summed E-state index contributed by atoms with van der Waals surface area (Å²) in [5.41, 5.74) is 5.63. The van der Waals surface area contributed by atoms with Crippen LogP contribution in [0.5, 0.6) is 5.75 Å². The van der Waals surface area contributed by atoms with Crippen LogP contribution in [-0.4, -0.2) is 7.05 Å². The van der Waals surface area contributed by atoms with E-state index in [2.05, 4.69) is 73.5 Å². The van der Waals surface area contributed by atoms with Crippen LogP contribution in [0.3, 0.4) is 0 Å². The van der Waals surface area contributed by atoms with Crippen LogP contribution in [-0.2, 0) is 5.72 Å². The van der Waals surface area contributed by atoms with Crippen LogP contribution in [0.15, 0.2) is 84.4 Å². The van der Waals surface area contributed by atoms with Crippen LogP contribution in [0, 0.1) is 18.8 Å². The predicted molar refractivity (Wildman–Crippen MR) is 115 cm³/mol. The van der Waals surface area contributed by atoms with Gasteiger partial charge in [0.25, 0.3) is 0 Å². The molecule has 0 aliphatic carbocycles. The number of likely N-dealkylation sites (N-methyl/N-ethyl adjacent to an activating group) is 1. The summed E-state index contributed by atoms with van der Waals surface area (Å²) in [5.74, 6) is 7.60. The number of rotatable bonds is 2. The fourth-order valence-corrected chi connectivity index (χ4v) is 3.65. The molecule has 0 aromatic heterocycles. The zero-order chi connectivity index (χ0) is 19.6.